The van der Waals surface area contributed by atoms with Crippen LogP contribution in [0.15, 0.2) is 24.3 Å². The fourth-order valence-electron chi connectivity index (χ4n) is 2.13. The molecule has 8 heteroatoms. The molecule has 3 rings (SSSR count). The number of ether oxygens (including phenoxy) is 1. The maximum atomic E-state index is 14.1. The van der Waals surface area contributed by atoms with Crippen molar-refractivity contribution in [2.75, 3.05) is 5.32 Å². The van der Waals surface area contributed by atoms with E-state index in [4.69, 9.17) is 18.0 Å². The van der Waals surface area contributed by atoms with E-state index in [2.05, 4.69) is 25.9 Å². The van der Waals surface area contributed by atoms with E-state index < -0.39 is 17.8 Å². The van der Waals surface area contributed by atoms with Gasteiger partial charge in [0, 0.05) is 5.69 Å². The number of terminal acetylenes is 1. The molecule has 1 saturated carbocycles. The predicted octanol–water partition coefficient (Wildman–Crippen LogP) is 4.28. The molecule has 1 fully saturated rings. The number of halogens is 4. The average Bonchev–Trinajstić information content (AvgIpc) is 3.34. The molecule has 2 aromatic rings. The molecule has 0 aliphatic heterocycles. The molecular formula is C16H11ClF3N3O. The molecule has 0 amide bonds. The zero-order chi connectivity index (χ0) is 17.3. The second-order valence-corrected chi connectivity index (χ2v) is 5.61. The summed E-state index contributed by atoms with van der Waals surface area (Å²) < 4.78 is 42.6. The monoisotopic (exact) mass is 353 g/mol. The molecule has 0 spiro atoms. The van der Waals surface area contributed by atoms with Crippen molar-refractivity contribution >= 4 is 23.1 Å². The highest BCUT2D eigenvalue weighted by atomic mass is 35.5. The van der Waals surface area contributed by atoms with Gasteiger partial charge in [-0.15, -0.1) is 6.42 Å². The second-order valence-electron chi connectivity index (χ2n) is 5.25. The lowest BCUT2D eigenvalue weighted by atomic mass is 10.1. The molecule has 1 aliphatic carbocycles. The lowest BCUT2D eigenvalue weighted by Gasteiger charge is -2.12. The SMILES string of the molecule is C#CC1(c2nc(Cl)c(F)c(Nc3ccc(OC(F)F)cc3)n2)CC1. The lowest BCUT2D eigenvalue weighted by Crippen LogP contribution is -2.12. The molecule has 1 aromatic carbocycles. The van der Waals surface area contributed by atoms with Crippen LogP contribution in [0.2, 0.25) is 5.15 Å². The normalized spacial score (nSPS) is 15.0. The highest BCUT2D eigenvalue weighted by molar-refractivity contribution is 6.29. The molecule has 124 valence electrons. The number of rotatable bonds is 5. The van der Waals surface area contributed by atoms with Crippen LogP contribution in [-0.2, 0) is 5.41 Å². The molecule has 0 saturated heterocycles. The van der Waals surface area contributed by atoms with Gasteiger partial charge in [0.15, 0.2) is 16.8 Å². The van der Waals surface area contributed by atoms with Crippen molar-refractivity contribution in [2.24, 2.45) is 0 Å². The summed E-state index contributed by atoms with van der Waals surface area (Å²) in [6.07, 6.45) is 6.91. The van der Waals surface area contributed by atoms with Crippen molar-refractivity contribution in [3.8, 4) is 18.1 Å². The van der Waals surface area contributed by atoms with Gasteiger partial charge in [0.25, 0.3) is 0 Å². The molecule has 24 heavy (non-hydrogen) atoms. The largest absolute Gasteiger partial charge is 0.435 e. The summed E-state index contributed by atoms with van der Waals surface area (Å²) >= 11 is 5.82. The van der Waals surface area contributed by atoms with Crippen LogP contribution in [0.1, 0.15) is 18.7 Å². The lowest BCUT2D eigenvalue weighted by molar-refractivity contribution is -0.0498. The van der Waals surface area contributed by atoms with Crippen LogP contribution in [0.3, 0.4) is 0 Å². The molecule has 4 nitrogen and oxygen atoms in total. The zero-order valence-electron chi connectivity index (χ0n) is 12.2. The molecule has 0 unspecified atom stereocenters. The molecule has 1 aromatic heterocycles. The van der Waals surface area contributed by atoms with Crippen LogP contribution >= 0.6 is 11.6 Å². The van der Waals surface area contributed by atoms with Crippen molar-refractivity contribution in [3.05, 3.63) is 41.1 Å². The number of nitrogens with one attached hydrogen (secondary N) is 1. The van der Waals surface area contributed by atoms with Crippen LogP contribution in [0.25, 0.3) is 0 Å². The average molecular weight is 354 g/mol. The number of hydrogen-bond acceptors (Lipinski definition) is 4. The topological polar surface area (TPSA) is 47.0 Å². The Bertz CT molecular complexity index is 801. The number of anilines is 2. The number of aromatic nitrogens is 2. The van der Waals surface area contributed by atoms with Gasteiger partial charge >= 0.3 is 6.61 Å². The van der Waals surface area contributed by atoms with E-state index in [1.165, 1.54) is 24.3 Å². The molecular weight excluding hydrogens is 343 g/mol. The Morgan fingerprint density at radius 1 is 1.25 bits per heavy atom. The molecule has 1 N–H and O–H groups in total. The number of alkyl halides is 2. The fourth-order valence-corrected chi connectivity index (χ4v) is 2.30. The van der Waals surface area contributed by atoms with Gasteiger partial charge in [-0.3, -0.25) is 0 Å². The van der Waals surface area contributed by atoms with Gasteiger partial charge in [0.05, 0.1) is 5.41 Å². The van der Waals surface area contributed by atoms with Crippen molar-refractivity contribution in [1.82, 2.24) is 9.97 Å². The van der Waals surface area contributed by atoms with E-state index in [0.717, 1.165) is 0 Å². The van der Waals surface area contributed by atoms with Crippen LogP contribution < -0.4 is 10.1 Å². The molecule has 0 bridgehead atoms. The standard InChI is InChI=1S/C16H11ClF3N3O/c1-2-16(7-8-16)14-22-12(17)11(18)13(23-14)21-9-3-5-10(6-4-9)24-15(19)20/h1,3-6,15H,7-8H2,(H,21,22,23). The summed E-state index contributed by atoms with van der Waals surface area (Å²) in [5, 5.41) is 2.40. The second kappa shape index (κ2) is 6.21. The minimum atomic E-state index is -2.91. The van der Waals surface area contributed by atoms with Gasteiger partial charge in [-0.25, -0.2) is 9.97 Å². The van der Waals surface area contributed by atoms with Gasteiger partial charge in [0.2, 0.25) is 5.82 Å². The number of benzene rings is 1. The van der Waals surface area contributed by atoms with Crippen molar-refractivity contribution in [1.29, 1.82) is 0 Å². The first-order valence-corrected chi connectivity index (χ1v) is 7.34. The van der Waals surface area contributed by atoms with Gasteiger partial charge < -0.3 is 10.1 Å². The van der Waals surface area contributed by atoms with Crippen LogP contribution in [-0.4, -0.2) is 16.6 Å². The third-order valence-electron chi connectivity index (χ3n) is 3.61. The van der Waals surface area contributed by atoms with E-state index in [1.54, 1.807) is 0 Å². The Labute approximate surface area is 141 Å². The Balaban J connectivity index is 1.86. The summed E-state index contributed by atoms with van der Waals surface area (Å²) in [6, 6.07) is 5.53. The summed E-state index contributed by atoms with van der Waals surface area (Å²) in [4.78, 5) is 8.05. The van der Waals surface area contributed by atoms with Gasteiger partial charge in [0.1, 0.15) is 5.75 Å². The quantitative estimate of drug-likeness (QED) is 0.644. The van der Waals surface area contributed by atoms with Gasteiger partial charge in [-0.2, -0.15) is 13.2 Å². The Morgan fingerprint density at radius 2 is 1.92 bits per heavy atom. The first-order valence-electron chi connectivity index (χ1n) is 6.97. The summed E-state index contributed by atoms with van der Waals surface area (Å²) in [7, 11) is 0. The van der Waals surface area contributed by atoms with E-state index in [9.17, 15) is 13.2 Å². The minimum Gasteiger partial charge on any atom is -0.435 e. The van der Waals surface area contributed by atoms with E-state index in [-0.39, 0.29) is 22.5 Å². The molecule has 0 atom stereocenters. The highest BCUT2D eigenvalue weighted by Crippen LogP contribution is 2.46. The highest BCUT2D eigenvalue weighted by Gasteiger charge is 2.46. The molecule has 1 aliphatic rings. The van der Waals surface area contributed by atoms with Gasteiger partial charge in [-0.05, 0) is 37.1 Å². The van der Waals surface area contributed by atoms with Crippen molar-refractivity contribution < 1.29 is 17.9 Å². The third kappa shape index (κ3) is 3.24. The summed E-state index contributed by atoms with van der Waals surface area (Å²) in [5.74, 6) is 1.94. The zero-order valence-corrected chi connectivity index (χ0v) is 12.9. The number of hydrogen-bond donors (Lipinski definition) is 1. The smallest absolute Gasteiger partial charge is 0.387 e. The Kier molecular flexibility index (Phi) is 4.24. The molecule has 1 heterocycles. The first kappa shape index (κ1) is 16.4. The maximum Gasteiger partial charge on any atom is 0.387 e. The van der Waals surface area contributed by atoms with E-state index in [1.807, 2.05) is 0 Å². The van der Waals surface area contributed by atoms with E-state index in [0.29, 0.717) is 18.5 Å². The fraction of sp³-hybridized carbons (Fsp3) is 0.250. The predicted molar refractivity (Wildman–Crippen MR) is 83.1 cm³/mol. The first-order chi connectivity index (χ1) is 11.4. The Morgan fingerprint density at radius 3 is 2.46 bits per heavy atom. The maximum absolute atomic E-state index is 14.1. The van der Waals surface area contributed by atoms with E-state index >= 15 is 0 Å². The van der Waals surface area contributed by atoms with Crippen LogP contribution in [0, 0.1) is 18.2 Å². The van der Waals surface area contributed by atoms with Crippen molar-refractivity contribution in [3.63, 3.8) is 0 Å². The molecule has 0 radical (unpaired) electrons. The number of nitrogens with zero attached hydrogens (tertiary/aromatic N) is 2. The third-order valence-corrected chi connectivity index (χ3v) is 3.86. The van der Waals surface area contributed by atoms with Crippen LogP contribution in [0.5, 0.6) is 5.75 Å². The summed E-state index contributed by atoms with van der Waals surface area (Å²) in [5.41, 5.74) is -0.176. The van der Waals surface area contributed by atoms with Crippen LogP contribution in [0.4, 0.5) is 24.7 Å². The summed E-state index contributed by atoms with van der Waals surface area (Å²) in [6.45, 7) is -2.91. The van der Waals surface area contributed by atoms with Crippen molar-refractivity contribution in [2.45, 2.75) is 24.9 Å². The Hall–Kier alpha value is -2.46. The van der Waals surface area contributed by atoms with Gasteiger partial charge in [-0.1, -0.05) is 17.5 Å². The minimum absolute atomic E-state index is 0.0123.